The summed E-state index contributed by atoms with van der Waals surface area (Å²) in [6.45, 7) is 5.67. The average molecular weight is 462 g/mol. The number of aromatic nitrogens is 1. The van der Waals surface area contributed by atoms with Gasteiger partial charge in [0.2, 0.25) is 11.8 Å². The molecule has 178 valence electrons. The van der Waals surface area contributed by atoms with Crippen molar-refractivity contribution in [2.24, 2.45) is 0 Å². The maximum Gasteiger partial charge on any atom is 0.410 e. The molecule has 2 aromatic rings. The van der Waals surface area contributed by atoms with Gasteiger partial charge in [0.15, 0.2) is 11.6 Å². The van der Waals surface area contributed by atoms with Gasteiger partial charge in [-0.2, -0.15) is 4.98 Å². The molecule has 1 aliphatic heterocycles. The Labute approximate surface area is 191 Å². The lowest BCUT2D eigenvalue weighted by Crippen LogP contribution is -2.47. The summed E-state index contributed by atoms with van der Waals surface area (Å²) in [4.78, 5) is 30.7. The van der Waals surface area contributed by atoms with Crippen LogP contribution in [0.1, 0.15) is 39.2 Å². The molecule has 0 spiro atoms. The number of benzene rings is 1. The largest absolute Gasteiger partial charge is 0.481 e. The molecular formula is C23H28F2N4O4. The summed E-state index contributed by atoms with van der Waals surface area (Å²) in [5, 5.41) is 5.50. The Morgan fingerprint density at radius 2 is 1.91 bits per heavy atom. The van der Waals surface area contributed by atoms with E-state index in [1.165, 1.54) is 42.3 Å². The van der Waals surface area contributed by atoms with Crippen LogP contribution in [0, 0.1) is 11.6 Å². The summed E-state index contributed by atoms with van der Waals surface area (Å²) in [6, 6.07) is 5.93. The van der Waals surface area contributed by atoms with Crippen molar-refractivity contribution in [1.29, 1.82) is 0 Å². The molecule has 1 aromatic heterocycles. The molecule has 0 bridgehead atoms. The van der Waals surface area contributed by atoms with Crippen molar-refractivity contribution in [2.45, 2.75) is 51.8 Å². The van der Waals surface area contributed by atoms with E-state index in [1.54, 1.807) is 20.8 Å². The molecule has 1 saturated heterocycles. The van der Waals surface area contributed by atoms with Crippen LogP contribution >= 0.6 is 0 Å². The predicted octanol–water partition coefficient (Wildman–Crippen LogP) is 4.13. The van der Waals surface area contributed by atoms with Crippen LogP contribution < -0.4 is 15.4 Å². The standard InChI is InChI=1S/C23H28F2N4O4/c1-23(2,3)33-22(31)29-11-5-6-18(29)20(30)26-13-14-12-17(25)19(28-21(14)32-4)27-16-9-7-15(24)8-10-16/h7-10,12,18H,5-6,11,13H2,1-4H3,(H,26,30)(H,27,28). The predicted molar refractivity (Wildman–Crippen MR) is 118 cm³/mol. The highest BCUT2D eigenvalue weighted by Gasteiger charge is 2.36. The van der Waals surface area contributed by atoms with Crippen LogP contribution in [0.3, 0.4) is 0 Å². The first-order valence-electron chi connectivity index (χ1n) is 10.6. The van der Waals surface area contributed by atoms with Gasteiger partial charge in [-0.05, 0) is 63.9 Å². The van der Waals surface area contributed by atoms with Crippen LogP contribution in [-0.2, 0) is 16.1 Å². The fourth-order valence-electron chi connectivity index (χ4n) is 3.45. The fraction of sp³-hybridized carbons (Fsp3) is 0.435. The van der Waals surface area contributed by atoms with E-state index in [0.717, 1.165) is 0 Å². The molecule has 8 nitrogen and oxygen atoms in total. The molecule has 2 heterocycles. The summed E-state index contributed by atoms with van der Waals surface area (Å²) in [7, 11) is 1.38. The van der Waals surface area contributed by atoms with Gasteiger partial charge in [0.25, 0.3) is 0 Å². The normalized spacial score (nSPS) is 15.8. The summed E-state index contributed by atoms with van der Waals surface area (Å²) in [5.74, 6) is -1.42. The number of nitrogens with one attached hydrogen (secondary N) is 2. The lowest BCUT2D eigenvalue weighted by Gasteiger charge is -2.28. The number of nitrogens with zero attached hydrogens (tertiary/aromatic N) is 2. The zero-order chi connectivity index (χ0) is 24.2. The van der Waals surface area contributed by atoms with E-state index < -0.39 is 29.4 Å². The topological polar surface area (TPSA) is 92.8 Å². The lowest BCUT2D eigenvalue weighted by atomic mass is 10.2. The van der Waals surface area contributed by atoms with E-state index in [2.05, 4.69) is 15.6 Å². The van der Waals surface area contributed by atoms with Gasteiger partial charge in [-0.3, -0.25) is 9.69 Å². The third-order valence-electron chi connectivity index (χ3n) is 4.95. The van der Waals surface area contributed by atoms with Gasteiger partial charge in [-0.25, -0.2) is 13.6 Å². The number of halogens is 2. The van der Waals surface area contributed by atoms with E-state index in [0.29, 0.717) is 30.6 Å². The number of ether oxygens (including phenoxy) is 2. The molecule has 1 aliphatic rings. The van der Waals surface area contributed by atoms with Crippen molar-refractivity contribution < 1.29 is 27.8 Å². The molecule has 1 unspecified atom stereocenters. The number of hydrogen-bond acceptors (Lipinski definition) is 6. The molecule has 1 atom stereocenters. The highest BCUT2D eigenvalue weighted by Crippen LogP contribution is 2.26. The Kier molecular flexibility index (Phi) is 7.35. The highest BCUT2D eigenvalue weighted by atomic mass is 19.1. The lowest BCUT2D eigenvalue weighted by molar-refractivity contribution is -0.125. The van der Waals surface area contributed by atoms with Gasteiger partial charge in [-0.15, -0.1) is 0 Å². The number of anilines is 2. The molecule has 1 aromatic carbocycles. The van der Waals surface area contributed by atoms with Crippen molar-refractivity contribution in [3.05, 3.63) is 47.5 Å². The van der Waals surface area contributed by atoms with E-state index in [4.69, 9.17) is 9.47 Å². The molecule has 0 saturated carbocycles. The van der Waals surface area contributed by atoms with Crippen molar-refractivity contribution in [3.8, 4) is 5.88 Å². The minimum atomic E-state index is -0.666. The molecule has 10 heteroatoms. The Morgan fingerprint density at radius 1 is 1.21 bits per heavy atom. The third kappa shape index (κ3) is 6.30. The quantitative estimate of drug-likeness (QED) is 0.671. The Bertz CT molecular complexity index is 1010. The number of pyridine rings is 1. The van der Waals surface area contributed by atoms with Crippen LogP contribution in [-0.4, -0.2) is 47.2 Å². The first-order valence-corrected chi connectivity index (χ1v) is 10.6. The van der Waals surface area contributed by atoms with Gasteiger partial charge < -0.3 is 20.1 Å². The van der Waals surface area contributed by atoms with Gasteiger partial charge in [0, 0.05) is 24.3 Å². The van der Waals surface area contributed by atoms with Crippen LogP contribution in [0.15, 0.2) is 30.3 Å². The highest BCUT2D eigenvalue weighted by molar-refractivity contribution is 5.86. The van der Waals surface area contributed by atoms with Gasteiger partial charge in [0.1, 0.15) is 17.5 Å². The number of rotatable bonds is 6. The van der Waals surface area contributed by atoms with E-state index >= 15 is 0 Å². The molecule has 2 N–H and O–H groups in total. The zero-order valence-corrected chi connectivity index (χ0v) is 19.1. The number of amides is 2. The smallest absolute Gasteiger partial charge is 0.410 e. The Morgan fingerprint density at radius 3 is 2.55 bits per heavy atom. The van der Waals surface area contributed by atoms with E-state index in [-0.39, 0.29) is 24.1 Å². The summed E-state index contributed by atoms with van der Waals surface area (Å²) < 4.78 is 38.4. The SMILES string of the molecule is COc1nc(Nc2ccc(F)cc2)c(F)cc1CNC(=O)C1CCCN1C(=O)OC(C)(C)C. The average Bonchev–Trinajstić information content (AvgIpc) is 3.24. The van der Waals surface area contributed by atoms with Gasteiger partial charge in [0.05, 0.1) is 7.11 Å². The van der Waals surface area contributed by atoms with Crippen molar-refractivity contribution >= 4 is 23.5 Å². The van der Waals surface area contributed by atoms with Crippen molar-refractivity contribution in [2.75, 3.05) is 19.0 Å². The maximum atomic E-state index is 14.6. The molecule has 3 rings (SSSR count). The number of carbonyl (C=O) groups excluding carboxylic acids is 2. The third-order valence-corrected chi connectivity index (χ3v) is 4.95. The number of likely N-dealkylation sites (tertiary alicyclic amines) is 1. The van der Waals surface area contributed by atoms with Crippen LogP contribution in [0.4, 0.5) is 25.1 Å². The van der Waals surface area contributed by atoms with Gasteiger partial charge in [-0.1, -0.05) is 0 Å². The summed E-state index contributed by atoms with van der Waals surface area (Å²) in [5.41, 5.74) is 0.116. The maximum absolute atomic E-state index is 14.6. The zero-order valence-electron chi connectivity index (χ0n) is 19.1. The molecule has 33 heavy (non-hydrogen) atoms. The van der Waals surface area contributed by atoms with Crippen LogP contribution in [0.25, 0.3) is 0 Å². The Hall–Kier alpha value is -3.43. The van der Waals surface area contributed by atoms with Gasteiger partial charge >= 0.3 is 6.09 Å². The minimum Gasteiger partial charge on any atom is -0.481 e. The van der Waals surface area contributed by atoms with Crippen LogP contribution in [0.5, 0.6) is 5.88 Å². The van der Waals surface area contributed by atoms with Crippen molar-refractivity contribution in [3.63, 3.8) is 0 Å². The monoisotopic (exact) mass is 462 g/mol. The fourth-order valence-corrected chi connectivity index (χ4v) is 3.45. The minimum absolute atomic E-state index is 0.0403. The molecule has 0 radical (unpaired) electrons. The van der Waals surface area contributed by atoms with E-state index in [1.807, 2.05) is 0 Å². The summed E-state index contributed by atoms with van der Waals surface area (Å²) in [6.07, 6.45) is 0.650. The Balaban J connectivity index is 1.67. The number of carbonyl (C=O) groups is 2. The van der Waals surface area contributed by atoms with E-state index in [9.17, 15) is 18.4 Å². The number of methoxy groups -OCH3 is 1. The van der Waals surface area contributed by atoms with Crippen LogP contribution in [0.2, 0.25) is 0 Å². The first-order chi connectivity index (χ1) is 15.6. The second-order valence-electron chi connectivity index (χ2n) is 8.67. The molecule has 0 aliphatic carbocycles. The molecule has 2 amide bonds. The molecule has 1 fully saturated rings. The molecular weight excluding hydrogens is 434 g/mol. The number of hydrogen-bond donors (Lipinski definition) is 2. The first kappa shape index (κ1) is 24.2. The van der Waals surface area contributed by atoms with Crippen molar-refractivity contribution in [1.82, 2.24) is 15.2 Å². The summed E-state index contributed by atoms with van der Waals surface area (Å²) >= 11 is 0. The second-order valence-corrected chi connectivity index (χ2v) is 8.67. The second kappa shape index (κ2) is 10.0.